The molecule has 36 heavy (non-hydrogen) atoms. The first-order valence-corrected chi connectivity index (χ1v) is 12.3. The van der Waals surface area contributed by atoms with E-state index in [4.69, 9.17) is 4.74 Å². The molecule has 0 radical (unpaired) electrons. The van der Waals surface area contributed by atoms with Crippen LogP contribution in [0.4, 0.5) is 22.1 Å². The second kappa shape index (κ2) is 10.2. The molecule has 2 aromatic carbocycles. The number of nitrogens with zero attached hydrogens (tertiary/aromatic N) is 4. The average molecular weight is 488 g/mol. The highest BCUT2D eigenvalue weighted by Gasteiger charge is 2.30. The number of rotatable bonds is 5. The van der Waals surface area contributed by atoms with Gasteiger partial charge >= 0.3 is 12.0 Å². The van der Waals surface area contributed by atoms with Crippen LogP contribution in [0.5, 0.6) is 5.75 Å². The zero-order valence-corrected chi connectivity index (χ0v) is 20.1. The molecule has 3 heterocycles. The Bertz CT molecular complexity index is 1230. The fraction of sp³-hybridized carbons (Fsp3) is 0.333. The third-order valence-corrected chi connectivity index (χ3v) is 6.75. The predicted molar refractivity (Wildman–Crippen MR) is 138 cm³/mol. The topological polar surface area (TPSA) is 108 Å². The number of amides is 2. The molecular formula is C27H29N5O4. The molecule has 2 amide bonds. The first-order valence-electron chi connectivity index (χ1n) is 12.3. The standard InChI is InChI=1S/C27H29N5O4/c1-2-22-17-32(27(35)30-21-6-4-3-5-7-21)23-9-8-19(14-24(23)36-22)20-15-28-26(29-16-20)31-12-10-18(11-13-31)25(33)34/h3-9,14-16,18,22H,2,10-13,17H2,1H3,(H,30,35)(H,33,34). The highest BCUT2D eigenvalue weighted by Crippen LogP contribution is 2.38. The van der Waals surface area contributed by atoms with Crippen LogP contribution in [-0.4, -0.2) is 52.8 Å². The van der Waals surface area contributed by atoms with Crippen molar-refractivity contribution in [3.8, 4) is 16.9 Å². The van der Waals surface area contributed by atoms with E-state index in [2.05, 4.69) is 15.3 Å². The number of carboxylic acid groups (broad SMARTS) is 1. The number of fused-ring (bicyclic) bond motifs is 1. The van der Waals surface area contributed by atoms with E-state index in [1.54, 1.807) is 17.3 Å². The highest BCUT2D eigenvalue weighted by atomic mass is 16.5. The molecular weight excluding hydrogens is 458 g/mol. The first-order chi connectivity index (χ1) is 17.5. The van der Waals surface area contributed by atoms with Crippen LogP contribution in [0.25, 0.3) is 11.1 Å². The molecule has 1 unspecified atom stereocenters. The van der Waals surface area contributed by atoms with Crippen molar-refractivity contribution >= 4 is 29.3 Å². The van der Waals surface area contributed by atoms with Gasteiger partial charge in [-0.3, -0.25) is 9.69 Å². The second-order valence-corrected chi connectivity index (χ2v) is 9.11. The van der Waals surface area contributed by atoms with Gasteiger partial charge in [0.25, 0.3) is 0 Å². The number of urea groups is 1. The number of ether oxygens (including phenoxy) is 1. The fourth-order valence-electron chi connectivity index (χ4n) is 4.61. The number of carboxylic acids is 1. The summed E-state index contributed by atoms with van der Waals surface area (Å²) in [5, 5.41) is 12.2. The summed E-state index contributed by atoms with van der Waals surface area (Å²) in [5.74, 6) is 0.222. The van der Waals surface area contributed by atoms with Crippen molar-refractivity contribution in [1.29, 1.82) is 0 Å². The Kier molecular flexibility index (Phi) is 6.71. The molecule has 1 fully saturated rings. The predicted octanol–water partition coefficient (Wildman–Crippen LogP) is 4.65. The largest absolute Gasteiger partial charge is 0.486 e. The van der Waals surface area contributed by atoms with Crippen LogP contribution in [0.2, 0.25) is 0 Å². The molecule has 186 valence electrons. The summed E-state index contributed by atoms with van der Waals surface area (Å²) < 4.78 is 6.20. The van der Waals surface area contributed by atoms with Gasteiger partial charge in [-0.1, -0.05) is 31.2 Å². The third kappa shape index (κ3) is 4.95. The maximum atomic E-state index is 13.1. The SMILES string of the molecule is CCC1CN(C(=O)Nc2ccccc2)c2ccc(-c3cnc(N4CCC(C(=O)O)CC4)nc3)cc2O1. The van der Waals surface area contributed by atoms with Crippen molar-refractivity contribution in [2.24, 2.45) is 5.92 Å². The minimum absolute atomic E-state index is 0.110. The molecule has 9 nitrogen and oxygen atoms in total. The van der Waals surface area contributed by atoms with Crippen molar-refractivity contribution in [1.82, 2.24) is 9.97 Å². The van der Waals surface area contributed by atoms with Crippen LogP contribution in [0, 0.1) is 5.92 Å². The number of hydrogen-bond acceptors (Lipinski definition) is 6. The Labute approximate surface area is 209 Å². The van der Waals surface area contributed by atoms with E-state index in [1.807, 2.05) is 60.4 Å². The smallest absolute Gasteiger partial charge is 0.326 e. The number of carbonyl (C=O) groups is 2. The highest BCUT2D eigenvalue weighted by molar-refractivity contribution is 6.03. The average Bonchev–Trinajstić information content (AvgIpc) is 2.92. The third-order valence-electron chi connectivity index (χ3n) is 6.75. The van der Waals surface area contributed by atoms with Crippen molar-refractivity contribution in [2.75, 3.05) is 34.8 Å². The van der Waals surface area contributed by atoms with Crippen LogP contribution in [-0.2, 0) is 4.79 Å². The molecule has 2 N–H and O–H groups in total. The van der Waals surface area contributed by atoms with E-state index in [9.17, 15) is 14.7 Å². The van der Waals surface area contributed by atoms with E-state index in [0.717, 1.165) is 28.9 Å². The Morgan fingerprint density at radius 2 is 1.78 bits per heavy atom. The van der Waals surface area contributed by atoms with E-state index >= 15 is 0 Å². The molecule has 3 aromatic rings. The van der Waals surface area contributed by atoms with Crippen LogP contribution >= 0.6 is 0 Å². The first kappa shape index (κ1) is 23.6. The zero-order valence-electron chi connectivity index (χ0n) is 20.1. The summed E-state index contributed by atoms with van der Waals surface area (Å²) in [6.45, 7) is 3.76. The summed E-state index contributed by atoms with van der Waals surface area (Å²) >= 11 is 0. The maximum absolute atomic E-state index is 13.1. The minimum Gasteiger partial charge on any atom is -0.486 e. The molecule has 0 bridgehead atoms. The lowest BCUT2D eigenvalue weighted by molar-refractivity contribution is -0.142. The number of aromatic nitrogens is 2. The quantitative estimate of drug-likeness (QED) is 0.539. The number of aliphatic carboxylic acids is 1. The van der Waals surface area contributed by atoms with E-state index in [0.29, 0.717) is 44.2 Å². The van der Waals surface area contributed by atoms with E-state index in [-0.39, 0.29) is 18.1 Å². The molecule has 9 heteroatoms. The van der Waals surface area contributed by atoms with Gasteiger partial charge in [-0.2, -0.15) is 0 Å². The number of benzene rings is 2. The van der Waals surface area contributed by atoms with Crippen molar-refractivity contribution < 1.29 is 19.4 Å². The lowest BCUT2D eigenvalue weighted by Crippen LogP contribution is -2.45. The van der Waals surface area contributed by atoms with Crippen molar-refractivity contribution in [2.45, 2.75) is 32.3 Å². The normalized spacial score (nSPS) is 17.8. The zero-order chi connectivity index (χ0) is 25.1. The molecule has 0 aliphatic carbocycles. The number of anilines is 3. The van der Waals surface area contributed by atoms with Crippen LogP contribution in [0.15, 0.2) is 60.9 Å². The summed E-state index contributed by atoms with van der Waals surface area (Å²) in [7, 11) is 0. The van der Waals surface area contributed by atoms with E-state index < -0.39 is 5.97 Å². The molecule has 1 aromatic heterocycles. The molecule has 1 atom stereocenters. The molecule has 2 aliphatic rings. The lowest BCUT2D eigenvalue weighted by atomic mass is 9.97. The van der Waals surface area contributed by atoms with Gasteiger partial charge in [0, 0.05) is 36.7 Å². The van der Waals surface area contributed by atoms with Crippen LogP contribution in [0.1, 0.15) is 26.2 Å². The van der Waals surface area contributed by atoms with Crippen LogP contribution < -0.4 is 19.9 Å². The molecule has 2 aliphatic heterocycles. The monoisotopic (exact) mass is 487 g/mol. The van der Waals surface area contributed by atoms with Gasteiger partial charge in [-0.15, -0.1) is 0 Å². The second-order valence-electron chi connectivity index (χ2n) is 9.11. The van der Waals surface area contributed by atoms with Gasteiger partial charge in [-0.05, 0) is 49.1 Å². The summed E-state index contributed by atoms with van der Waals surface area (Å²) in [4.78, 5) is 37.1. The van der Waals surface area contributed by atoms with Gasteiger partial charge in [0.2, 0.25) is 5.95 Å². The van der Waals surface area contributed by atoms with Gasteiger partial charge in [0.05, 0.1) is 18.2 Å². The Hall–Kier alpha value is -4.14. The number of hydrogen-bond donors (Lipinski definition) is 2. The lowest BCUT2D eigenvalue weighted by Gasteiger charge is -2.35. The maximum Gasteiger partial charge on any atom is 0.326 e. The molecule has 0 spiro atoms. The molecule has 0 saturated carbocycles. The number of carbonyl (C=O) groups excluding carboxylic acids is 1. The number of para-hydroxylation sites is 1. The summed E-state index contributed by atoms with van der Waals surface area (Å²) in [6, 6.07) is 15.0. The van der Waals surface area contributed by atoms with Gasteiger partial charge in [-0.25, -0.2) is 14.8 Å². The molecule has 5 rings (SSSR count). The number of nitrogens with one attached hydrogen (secondary N) is 1. The van der Waals surface area contributed by atoms with Crippen LogP contribution in [0.3, 0.4) is 0 Å². The molecule has 1 saturated heterocycles. The van der Waals surface area contributed by atoms with Gasteiger partial charge < -0.3 is 20.1 Å². The number of piperidine rings is 1. The van der Waals surface area contributed by atoms with E-state index in [1.165, 1.54) is 0 Å². The van der Waals surface area contributed by atoms with Crippen molar-refractivity contribution in [3.63, 3.8) is 0 Å². The Morgan fingerprint density at radius 3 is 2.44 bits per heavy atom. The Morgan fingerprint density at radius 1 is 1.06 bits per heavy atom. The Balaban J connectivity index is 1.33. The fourth-order valence-corrected chi connectivity index (χ4v) is 4.61. The van der Waals surface area contributed by atoms with Crippen molar-refractivity contribution in [3.05, 3.63) is 60.9 Å². The van der Waals surface area contributed by atoms with Gasteiger partial charge in [0.15, 0.2) is 0 Å². The minimum atomic E-state index is -0.734. The summed E-state index contributed by atoms with van der Waals surface area (Å²) in [5.41, 5.74) is 3.19. The summed E-state index contributed by atoms with van der Waals surface area (Å²) in [6.07, 6.45) is 5.39. The van der Waals surface area contributed by atoms with Gasteiger partial charge in [0.1, 0.15) is 11.9 Å².